The molecular weight excluding hydrogens is 300 g/mol. The van der Waals surface area contributed by atoms with Crippen molar-refractivity contribution in [3.8, 4) is 17.1 Å². The first-order valence-electron chi connectivity index (χ1n) is 6.76. The van der Waals surface area contributed by atoms with Gasteiger partial charge in [0.25, 0.3) is 0 Å². The molecule has 0 unspecified atom stereocenters. The molecule has 2 aromatic carbocycles. The zero-order chi connectivity index (χ0) is 15.5. The van der Waals surface area contributed by atoms with Crippen LogP contribution in [-0.2, 0) is 0 Å². The summed E-state index contributed by atoms with van der Waals surface area (Å²) in [6, 6.07) is 14.6. The minimum absolute atomic E-state index is 0.418. The zero-order valence-corrected chi connectivity index (χ0v) is 12.7. The van der Waals surface area contributed by atoms with Gasteiger partial charge in [-0.05, 0) is 29.8 Å². The molecule has 0 bridgehead atoms. The van der Waals surface area contributed by atoms with E-state index in [1.165, 1.54) is 0 Å². The van der Waals surface area contributed by atoms with E-state index in [2.05, 4.69) is 15.2 Å². The van der Waals surface area contributed by atoms with Crippen molar-refractivity contribution in [3.63, 3.8) is 0 Å². The third-order valence-corrected chi connectivity index (χ3v) is 3.69. The van der Waals surface area contributed by atoms with E-state index < -0.39 is 6.04 Å². The standard InChI is InChI=1S/C16H15ClN4O/c1-22-11-6-4-5-10(9-11)14(18)16-19-15(20-21-16)12-7-2-3-8-13(12)17/h2-9,14H,18H2,1H3,(H,19,20,21)/t14-/m0/s1. The van der Waals surface area contributed by atoms with E-state index in [1.807, 2.05) is 42.5 Å². The monoisotopic (exact) mass is 314 g/mol. The molecule has 0 saturated heterocycles. The molecule has 3 rings (SSSR count). The Hall–Kier alpha value is -2.37. The highest BCUT2D eigenvalue weighted by atomic mass is 35.5. The Labute approximate surface area is 133 Å². The summed E-state index contributed by atoms with van der Waals surface area (Å²) in [6.45, 7) is 0. The summed E-state index contributed by atoms with van der Waals surface area (Å²) in [5.41, 5.74) is 7.91. The van der Waals surface area contributed by atoms with Crippen molar-refractivity contribution in [3.05, 3.63) is 64.9 Å². The first kappa shape index (κ1) is 14.6. The second kappa shape index (κ2) is 6.17. The lowest BCUT2D eigenvalue weighted by atomic mass is 10.1. The second-order valence-corrected chi connectivity index (χ2v) is 5.19. The van der Waals surface area contributed by atoms with Gasteiger partial charge in [-0.25, -0.2) is 4.98 Å². The first-order valence-corrected chi connectivity index (χ1v) is 7.13. The molecule has 3 aromatic rings. The fraction of sp³-hybridized carbons (Fsp3) is 0.125. The van der Waals surface area contributed by atoms with Gasteiger partial charge in [-0.15, -0.1) is 0 Å². The first-order chi connectivity index (χ1) is 10.7. The Morgan fingerprint density at radius 3 is 2.77 bits per heavy atom. The number of H-pyrrole nitrogens is 1. The highest BCUT2D eigenvalue weighted by molar-refractivity contribution is 6.33. The highest BCUT2D eigenvalue weighted by Gasteiger charge is 2.16. The molecule has 22 heavy (non-hydrogen) atoms. The maximum atomic E-state index is 6.25. The molecular formula is C16H15ClN4O. The van der Waals surface area contributed by atoms with Gasteiger partial charge in [0, 0.05) is 5.56 Å². The maximum Gasteiger partial charge on any atom is 0.182 e. The lowest BCUT2D eigenvalue weighted by Gasteiger charge is -2.09. The van der Waals surface area contributed by atoms with E-state index in [0.717, 1.165) is 16.9 Å². The molecule has 0 fully saturated rings. The third-order valence-electron chi connectivity index (χ3n) is 3.36. The van der Waals surface area contributed by atoms with Crippen LogP contribution in [0, 0.1) is 0 Å². The van der Waals surface area contributed by atoms with Gasteiger partial charge in [0.15, 0.2) is 5.82 Å². The number of ether oxygens (including phenoxy) is 1. The smallest absolute Gasteiger partial charge is 0.182 e. The highest BCUT2D eigenvalue weighted by Crippen LogP contribution is 2.26. The molecule has 0 aliphatic carbocycles. The van der Waals surface area contributed by atoms with Gasteiger partial charge in [-0.2, -0.15) is 5.10 Å². The zero-order valence-electron chi connectivity index (χ0n) is 12.0. The Morgan fingerprint density at radius 2 is 2.00 bits per heavy atom. The summed E-state index contributed by atoms with van der Waals surface area (Å²) in [5, 5.41) is 7.69. The van der Waals surface area contributed by atoms with Crippen LogP contribution < -0.4 is 10.5 Å². The minimum Gasteiger partial charge on any atom is -0.497 e. The van der Waals surface area contributed by atoms with Gasteiger partial charge < -0.3 is 10.5 Å². The lowest BCUT2D eigenvalue weighted by molar-refractivity contribution is 0.414. The van der Waals surface area contributed by atoms with Crippen molar-refractivity contribution < 1.29 is 4.74 Å². The third kappa shape index (κ3) is 2.81. The summed E-state index contributed by atoms with van der Waals surface area (Å²) < 4.78 is 5.21. The molecule has 3 N–H and O–H groups in total. The van der Waals surface area contributed by atoms with Crippen LogP contribution in [-0.4, -0.2) is 22.3 Å². The SMILES string of the molecule is COc1cccc([C@H](N)c2nc(-c3ccccc3Cl)n[nH]2)c1. The van der Waals surface area contributed by atoms with Gasteiger partial charge in [-0.1, -0.05) is 35.9 Å². The van der Waals surface area contributed by atoms with Crippen molar-refractivity contribution in [1.29, 1.82) is 0 Å². The van der Waals surface area contributed by atoms with Crippen LogP contribution in [0.2, 0.25) is 5.02 Å². The van der Waals surface area contributed by atoms with Crippen LogP contribution in [0.5, 0.6) is 5.75 Å². The van der Waals surface area contributed by atoms with Crippen LogP contribution in [0.25, 0.3) is 11.4 Å². The number of benzene rings is 2. The molecule has 1 atom stereocenters. The summed E-state index contributed by atoms with van der Waals surface area (Å²) >= 11 is 6.16. The Kier molecular flexibility index (Phi) is 4.09. The average Bonchev–Trinajstić information content (AvgIpc) is 3.04. The van der Waals surface area contributed by atoms with Crippen molar-refractivity contribution in [2.24, 2.45) is 5.73 Å². The van der Waals surface area contributed by atoms with E-state index in [9.17, 15) is 0 Å². The predicted octanol–water partition coefficient (Wildman–Crippen LogP) is 3.18. The number of aromatic amines is 1. The van der Waals surface area contributed by atoms with Crippen molar-refractivity contribution in [1.82, 2.24) is 15.2 Å². The molecule has 0 saturated carbocycles. The van der Waals surface area contributed by atoms with Crippen LogP contribution in [0.1, 0.15) is 17.4 Å². The predicted molar refractivity (Wildman–Crippen MR) is 85.9 cm³/mol. The quantitative estimate of drug-likeness (QED) is 0.775. The number of hydrogen-bond donors (Lipinski definition) is 2. The summed E-state index contributed by atoms with van der Waals surface area (Å²) in [4.78, 5) is 4.46. The second-order valence-electron chi connectivity index (χ2n) is 4.78. The Bertz CT molecular complexity index is 787. The number of rotatable bonds is 4. The molecule has 0 aliphatic heterocycles. The Balaban J connectivity index is 1.91. The van der Waals surface area contributed by atoms with Crippen molar-refractivity contribution >= 4 is 11.6 Å². The number of methoxy groups -OCH3 is 1. The number of aromatic nitrogens is 3. The van der Waals surface area contributed by atoms with E-state index >= 15 is 0 Å². The summed E-state index contributed by atoms with van der Waals surface area (Å²) in [6.07, 6.45) is 0. The number of nitrogens with one attached hydrogen (secondary N) is 1. The summed E-state index contributed by atoms with van der Waals surface area (Å²) in [5.74, 6) is 1.85. The molecule has 0 radical (unpaired) electrons. The minimum atomic E-state index is -0.418. The lowest BCUT2D eigenvalue weighted by Crippen LogP contribution is -2.13. The molecule has 1 aromatic heterocycles. The van der Waals surface area contributed by atoms with Crippen LogP contribution >= 0.6 is 11.6 Å². The van der Waals surface area contributed by atoms with Crippen LogP contribution in [0.4, 0.5) is 0 Å². The average molecular weight is 315 g/mol. The number of halogens is 1. The number of hydrogen-bond acceptors (Lipinski definition) is 4. The molecule has 0 amide bonds. The molecule has 5 nitrogen and oxygen atoms in total. The van der Waals surface area contributed by atoms with Gasteiger partial charge in [-0.3, -0.25) is 5.10 Å². The van der Waals surface area contributed by atoms with Crippen molar-refractivity contribution in [2.75, 3.05) is 7.11 Å². The summed E-state index contributed by atoms with van der Waals surface area (Å²) in [7, 11) is 1.62. The largest absolute Gasteiger partial charge is 0.497 e. The Morgan fingerprint density at radius 1 is 1.18 bits per heavy atom. The molecule has 112 valence electrons. The van der Waals surface area contributed by atoms with E-state index in [1.54, 1.807) is 13.2 Å². The van der Waals surface area contributed by atoms with Crippen LogP contribution in [0.3, 0.4) is 0 Å². The normalized spacial score (nSPS) is 12.1. The van der Waals surface area contributed by atoms with Crippen LogP contribution in [0.15, 0.2) is 48.5 Å². The van der Waals surface area contributed by atoms with E-state index in [0.29, 0.717) is 16.7 Å². The molecule has 6 heteroatoms. The molecule has 1 heterocycles. The van der Waals surface area contributed by atoms with Crippen molar-refractivity contribution in [2.45, 2.75) is 6.04 Å². The maximum absolute atomic E-state index is 6.25. The van der Waals surface area contributed by atoms with Gasteiger partial charge in [0.2, 0.25) is 0 Å². The van der Waals surface area contributed by atoms with Gasteiger partial charge in [0.05, 0.1) is 18.2 Å². The molecule has 0 spiro atoms. The van der Waals surface area contributed by atoms with Gasteiger partial charge >= 0.3 is 0 Å². The number of nitrogens with two attached hydrogens (primary N) is 1. The fourth-order valence-corrected chi connectivity index (χ4v) is 2.39. The fourth-order valence-electron chi connectivity index (χ4n) is 2.17. The topological polar surface area (TPSA) is 76.8 Å². The van der Waals surface area contributed by atoms with E-state index in [4.69, 9.17) is 22.1 Å². The van der Waals surface area contributed by atoms with Gasteiger partial charge in [0.1, 0.15) is 11.6 Å². The number of nitrogens with zero attached hydrogens (tertiary/aromatic N) is 2. The van der Waals surface area contributed by atoms with E-state index in [-0.39, 0.29) is 0 Å². The molecule has 0 aliphatic rings.